The second kappa shape index (κ2) is 5.83. The molecule has 5 nitrogen and oxygen atoms in total. The van der Waals surface area contributed by atoms with Gasteiger partial charge in [-0.1, -0.05) is 12.1 Å². The van der Waals surface area contributed by atoms with E-state index in [1.807, 2.05) is 24.3 Å². The summed E-state index contributed by atoms with van der Waals surface area (Å²) in [6.07, 6.45) is 2.72. The van der Waals surface area contributed by atoms with Gasteiger partial charge in [-0.05, 0) is 29.7 Å². The number of fused-ring (bicyclic) bond motifs is 1. The van der Waals surface area contributed by atoms with E-state index in [1.54, 1.807) is 19.4 Å². The molecule has 21 heavy (non-hydrogen) atoms. The molecule has 1 aliphatic rings. The van der Waals surface area contributed by atoms with E-state index in [2.05, 4.69) is 15.6 Å². The number of benzene rings is 1. The minimum absolute atomic E-state index is 0.0812. The zero-order chi connectivity index (χ0) is 14.7. The number of hydrogen-bond donors (Lipinski definition) is 2. The highest BCUT2D eigenvalue weighted by Crippen LogP contribution is 2.23. The number of pyridine rings is 1. The van der Waals surface area contributed by atoms with Crippen LogP contribution in [0.4, 0.5) is 5.69 Å². The summed E-state index contributed by atoms with van der Waals surface area (Å²) in [6, 6.07) is 9.45. The summed E-state index contributed by atoms with van der Waals surface area (Å²) < 4.78 is 5.00. The van der Waals surface area contributed by atoms with Crippen molar-refractivity contribution in [2.24, 2.45) is 0 Å². The Balaban J connectivity index is 1.63. The summed E-state index contributed by atoms with van der Waals surface area (Å²) in [4.78, 5) is 16.3. The third-order valence-electron chi connectivity index (χ3n) is 3.54. The summed E-state index contributed by atoms with van der Waals surface area (Å²) in [5.41, 5.74) is 3.94. The van der Waals surface area contributed by atoms with Crippen molar-refractivity contribution in [3.05, 3.63) is 53.2 Å². The quantitative estimate of drug-likeness (QED) is 0.900. The molecule has 2 N–H and O–H groups in total. The average Bonchev–Trinajstić information content (AvgIpc) is 3.00. The smallest absolute Gasteiger partial charge is 0.251 e. The van der Waals surface area contributed by atoms with Crippen LogP contribution in [0.5, 0.6) is 5.88 Å². The van der Waals surface area contributed by atoms with Gasteiger partial charge in [0.2, 0.25) is 5.88 Å². The predicted molar refractivity (Wildman–Crippen MR) is 80.6 cm³/mol. The van der Waals surface area contributed by atoms with Gasteiger partial charge in [0, 0.05) is 36.6 Å². The summed E-state index contributed by atoms with van der Waals surface area (Å²) in [7, 11) is 1.58. The molecule has 0 aliphatic carbocycles. The number of nitrogens with one attached hydrogen (secondary N) is 2. The second-order valence-electron chi connectivity index (χ2n) is 4.94. The molecule has 0 saturated carbocycles. The third-order valence-corrected chi connectivity index (χ3v) is 3.54. The van der Waals surface area contributed by atoms with Crippen molar-refractivity contribution in [2.45, 2.75) is 13.0 Å². The Hall–Kier alpha value is -2.56. The Bertz CT molecular complexity index is 653. The van der Waals surface area contributed by atoms with Crippen LogP contribution < -0.4 is 15.4 Å². The maximum Gasteiger partial charge on any atom is 0.251 e. The first kappa shape index (κ1) is 13.4. The number of ether oxygens (including phenoxy) is 1. The molecule has 1 aliphatic heterocycles. The van der Waals surface area contributed by atoms with Gasteiger partial charge in [-0.15, -0.1) is 0 Å². The highest BCUT2D eigenvalue weighted by atomic mass is 16.5. The molecule has 5 heteroatoms. The van der Waals surface area contributed by atoms with E-state index in [0.717, 1.165) is 24.2 Å². The van der Waals surface area contributed by atoms with Crippen molar-refractivity contribution in [1.29, 1.82) is 0 Å². The Morgan fingerprint density at radius 3 is 3.05 bits per heavy atom. The van der Waals surface area contributed by atoms with Crippen LogP contribution in [0, 0.1) is 0 Å². The molecule has 3 rings (SSSR count). The molecule has 0 saturated heterocycles. The van der Waals surface area contributed by atoms with Gasteiger partial charge < -0.3 is 15.4 Å². The number of amides is 1. The first-order valence-corrected chi connectivity index (χ1v) is 6.90. The lowest BCUT2D eigenvalue weighted by molar-refractivity contribution is 0.0951. The molecular weight excluding hydrogens is 266 g/mol. The van der Waals surface area contributed by atoms with E-state index >= 15 is 0 Å². The van der Waals surface area contributed by atoms with Gasteiger partial charge in [0.25, 0.3) is 5.91 Å². The molecule has 108 valence electrons. The maximum absolute atomic E-state index is 12.2. The zero-order valence-corrected chi connectivity index (χ0v) is 11.8. The summed E-state index contributed by atoms with van der Waals surface area (Å²) in [6.45, 7) is 1.39. The number of carbonyl (C=O) groups excluding carboxylic acids is 1. The highest BCUT2D eigenvalue weighted by molar-refractivity contribution is 5.95. The molecular formula is C16H17N3O2. The maximum atomic E-state index is 12.2. The first-order chi connectivity index (χ1) is 10.3. The number of rotatable bonds is 4. The monoisotopic (exact) mass is 283 g/mol. The predicted octanol–water partition coefficient (Wildman–Crippen LogP) is 1.99. The van der Waals surface area contributed by atoms with Gasteiger partial charge in [0.1, 0.15) is 0 Å². The first-order valence-electron chi connectivity index (χ1n) is 6.90. The van der Waals surface area contributed by atoms with Crippen molar-refractivity contribution in [3.63, 3.8) is 0 Å². The van der Waals surface area contributed by atoms with Crippen LogP contribution in [-0.2, 0) is 13.0 Å². The van der Waals surface area contributed by atoms with Gasteiger partial charge in [0.15, 0.2) is 0 Å². The van der Waals surface area contributed by atoms with Crippen molar-refractivity contribution < 1.29 is 9.53 Å². The van der Waals surface area contributed by atoms with Crippen molar-refractivity contribution in [3.8, 4) is 5.88 Å². The fraction of sp³-hybridized carbons (Fsp3) is 0.250. The van der Waals surface area contributed by atoms with Crippen LogP contribution in [0.1, 0.15) is 21.5 Å². The Kier molecular flexibility index (Phi) is 3.73. The van der Waals surface area contributed by atoms with E-state index in [1.165, 1.54) is 5.56 Å². The number of anilines is 1. The minimum Gasteiger partial charge on any atom is -0.481 e. The molecule has 0 radical (unpaired) electrons. The molecule has 1 aromatic carbocycles. The van der Waals surface area contributed by atoms with E-state index in [-0.39, 0.29) is 5.91 Å². The number of carbonyl (C=O) groups is 1. The van der Waals surface area contributed by atoms with Crippen molar-refractivity contribution in [1.82, 2.24) is 10.3 Å². The summed E-state index contributed by atoms with van der Waals surface area (Å²) in [5, 5.41) is 6.17. The SMILES string of the molecule is COc1ccc(CNC(=O)c2ccc3c(c2)NCC3)cn1. The minimum atomic E-state index is -0.0812. The Morgan fingerprint density at radius 2 is 2.29 bits per heavy atom. The standard InChI is InChI=1S/C16H17N3O2/c1-21-15-5-2-11(9-18-15)10-19-16(20)13-4-3-12-6-7-17-14(12)8-13/h2-5,8-9,17H,6-7,10H2,1H3,(H,19,20). The number of methoxy groups -OCH3 is 1. The van der Waals surface area contributed by atoms with Crippen LogP contribution in [0.25, 0.3) is 0 Å². The van der Waals surface area contributed by atoms with Crippen LogP contribution >= 0.6 is 0 Å². The summed E-state index contributed by atoms with van der Waals surface area (Å²) >= 11 is 0. The summed E-state index contributed by atoms with van der Waals surface area (Å²) in [5.74, 6) is 0.483. The molecule has 0 fully saturated rings. The molecule has 0 atom stereocenters. The van der Waals surface area contributed by atoms with Crippen molar-refractivity contribution >= 4 is 11.6 Å². The van der Waals surface area contributed by atoms with Gasteiger partial charge >= 0.3 is 0 Å². The topological polar surface area (TPSA) is 63.2 Å². The number of nitrogens with zero attached hydrogens (tertiary/aromatic N) is 1. The molecule has 1 amide bonds. The molecule has 2 aromatic rings. The lowest BCUT2D eigenvalue weighted by Crippen LogP contribution is -2.22. The third kappa shape index (κ3) is 2.97. The van der Waals surface area contributed by atoms with Gasteiger partial charge in [-0.3, -0.25) is 4.79 Å². The van der Waals surface area contributed by atoms with Gasteiger partial charge in [-0.25, -0.2) is 4.98 Å². The lowest BCUT2D eigenvalue weighted by Gasteiger charge is -2.07. The molecule has 0 bridgehead atoms. The van der Waals surface area contributed by atoms with E-state index in [4.69, 9.17) is 4.74 Å². The number of aromatic nitrogens is 1. The van der Waals surface area contributed by atoms with Crippen LogP contribution in [0.3, 0.4) is 0 Å². The van der Waals surface area contributed by atoms with Gasteiger partial charge in [-0.2, -0.15) is 0 Å². The molecule has 2 heterocycles. The zero-order valence-electron chi connectivity index (χ0n) is 11.8. The molecule has 0 unspecified atom stereocenters. The van der Waals surface area contributed by atoms with E-state index in [9.17, 15) is 4.79 Å². The average molecular weight is 283 g/mol. The highest BCUT2D eigenvalue weighted by Gasteiger charge is 2.13. The Labute approximate surface area is 123 Å². The number of hydrogen-bond acceptors (Lipinski definition) is 4. The van der Waals surface area contributed by atoms with E-state index in [0.29, 0.717) is 18.0 Å². The fourth-order valence-corrected chi connectivity index (χ4v) is 2.35. The molecule has 1 aromatic heterocycles. The molecule has 0 spiro atoms. The van der Waals surface area contributed by atoms with Crippen LogP contribution in [0.2, 0.25) is 0 Å². The largest absolute Gasteiger partial charge is 0.481 e. The lowest BCUT2D eigenvalue weighted by atomic mass is 10.1. The van der Waals surface area contributed by atoms with Crippen molar-refractivity contribution in [2.75, 3.05) is 19.0 Å². The normalized spacial score (nSPS) is 12.4. The Morgan fingerprint density at radius 1 is 1.38 bits per heavy atom. The van der Waals surface area contributed by atoms with Crippen LogP contribution in [-0.4, -0.2) is 24.5 Å². The van der Waals surface area contributed by atoms with Crippen LogP contribution in [0.15, 0.2) is 36.5 Å². The van der Waals surface area contributed by atoms with E-state index < -0.39 is 0 Å². The second-order valence-corrected chi connectivity index (χ2v) is 4.94. The fourth-order valence-electron chi connectivity index (χ4n) is 2.35. The van der Waals surface area contributed by atoms with Gasteiger partial charge in [0.05, 0.1) is 7.11 Å².